The van der Waals surface area contributed by atoms with E-state index in [1.165, 1.54) is 37.4 Å². The highest BCUT2D eigenvalue weighted by Crippen LogP contribution is 2.39. The van der Waals surface area contributed by atoms with E-state index in [0.29, 0.717) is 0 Å². The minimum Gasteiger partial charge on any atom is -0.502 e. The van der Waals surface area contributed by atoms with E-state index < -0.39 is 28.9 Å². The van der Waals surface area contributed by atoms with Gasteiger partial charge in [-0.15, -0.1) is 0 Å². The maximum Gasteiger partial charge on any atom is 0.306 e. The summed E-state index contributed by atoms with van der Waals surface area (Å²) in [7, 11) is 1.18. The molecule has 0 aliphatic rings. The second-order valence-corrected chi connectivity index (χ2v) is 6.02. The van der Waals surface area contributed by atoms with E-state index in [1.807, 2.05) is 0 Å². The SMILES string of the molecule is COC(=O)CC(c1oc2ccccc2c(=O)c1O)c1c(F)cccc1Cl. The van der Waals surface area contributed by atoms with Gasteiger partial charge in [0.1, 0.15) is 11.4 Å². The number of methoxy groups -OCH3 is 1. The molecule has 3 rings (SSSR count). The molecule has 26 heavy (non-hydrogen) atoms. The zero-order valence-electron chi connectivity index (χ0n) is 13.7. The number of rotatable bonds is 4. The third kappa shape index (κ3) is 3.15. The van der Waals surface area contributed by atoms with Crippen molar-refractivity contribution in [2.45, 2.75) is 12.3 Å². The lowest BCUT2D eigenvalue weighted by atomic mass is 9.91. The van der Waals surface area contributed by atoms with Crippen molar-refractivity contribution in [2.75, 3.05) is 7.11 Å². The number of fused-ring (bicyclic) bond motifs is 1. The maximum absolute atomic E-state index is 14.4. The van der Waals surface area contributed by atoms with E-state index >= 15 is 0 Å². The van der Waals surface area contributed by atoms with Gasteiger partial charge in [-0.3, -0.25) is 9.59 Å². The Labute approximate surface area is 152 Å². The molecule has 0 saturated heterocycles. The molecule has 0 fully saturated rings. The van der Waals surface area contributed by atoms with Crippen LogP contribution in [-0.2, 0) is 9.53 Å². The predicted octanol–water partition coefficient (Wildman–Crippen LogP) is 3.99. The monoisotopic (exact) mass is 376 g/mol. The lowest BCUT2D eigenvalue weighted by molar-refractivity contribution is -0.140. The molecule has 7 heteroatoms. The molecule has 134 valence electrons. The summed E-state index contributed by atoms with van der Waals surface area (Å²) in [5, 5.41) is 10.6. The summed E-state index contributed by atoms with van der Waals surface area (Å²) >= 11 is 6.12. The summed E-state index contributed by atoms with van der Waals surface area (Å²) in [6.45, 7) is 0. The second kappa shape index (κ2) is 7.17. The molecule has 0 aliphatic carbocycles. The Morgan fingerprint density at radius 2 is 2.00 bits per heavy atom. The van der Waals surface area contributed by atoms with Crippen LogP contribution in [0.5, 0.6) is 5.75 Å². The first-order valence-electron chi connectivity index (χ1n) is 7.69. The van der Waals surface area contributed by atoms with Crippen LogP contribution in [0.4, 0.5) is 4.39 Å². The van der Waals surface area contributed by atoms with Crippen molar-refractivity contribution in [3.05, 3.63) is 74.9 Å². The first-order chi connectivity index (χ1) is 12.4. The summed E-state index contributed by atoms with van der Waals surface area (Å²) in [6.07, 6.45) is -0.369. The van der Waals surface area contributed by atoms with Gasteiger partial charge in [-0.1, -0.05) is 29.8 Å². The molecule has 0 aliphatic heterocycles. The Kier molecular flexibility index (Phi) is 4.95. The molecule has 0 radical (unpaired) electrons. The van der Waals surface area contributed by atoms with Crippen LogP contribution >= 0.6 is 11.6 Å². The van der Waals surface area contributed by atoms with Crippen molar-refractivity contribution >= 4 is 28.5 Å². The van der Waals surface area contributed by atoms with E-state index in [4.69, 9.17) is 16.0 Å². The van der Waals surface area contributed by atoms with Gasteiger partial charge in [0.25, 0.3) is 0 Å². The fourth-order valence-corrected chi connectivity index (χ4v) is 3.10. The van der Waals surface area contributed by atoms with Crippen molar-refractivity contribution in [3.8, 4) is 5.75 Å². The highest BCUT2D eigenvalue weighted by atomic mass is 35.5. The Bertz CT molecular complexity index is 1020. The third-order valence-corrected chi connectivity index (χ3v) is 4.39. The fourth-order valence-electron chi connectivity index (χ4n) is 2.81. The van der Waals surface area contributed by atoms with Crippen molar-refractivity contribution < 1.29 is 23.4 Å². The zero-order chi connectivity index (χ0) is 18.8. The molecular weight excluding hydrogens is 363 g/mol. The van der Waals surface area contributed by atoms with Gasteiger partial charge in [0.15, 0.2) is 5.76 Å². The smallest absolute Gasteiger partial charge is 0.306 e. The Hall–Kier alpha value is -2.86. The number of aromatic hydroxyl groups is 1. The van der Waals surface area contributed by atoms with Crippen molar-refractivity contribution in [3.63, 3.8) is 0 Å². The number of para-hydroxylation sites is 1. The van der Waals surface area contributed by atoms with E-state index in [-0.39, 0.29) is 33.7 Å². The predicted molar refractivity (Wildman–Crippen MR) is 94.0 cm³/mol. The van der Waals surface area contributed by atoms with Gasteiger partial charge >= 0.3 is 5.97 Å². The van der Waals surface area contributed by atoms with Crippen LogP contribution in [0, 0.1) is 5.82 Å². The van der Waals surface area contributed by atoms with Gasteiger partial charge in [-0.25, -0.2) is 4.39 Å². The van der Waals surface area contributed by atoms with Crippen LogP contribution in [0.25, 0.3) is 11.0 Å². The first-order valence-corrected chi connectivity index (χ1v) is 8.07. The lowest BCUT2D eigenvalue weighted by Gasteiger charge is -2.18. The van der Waals surface area contributed by atoms with E-state index in [2.05, 4.69) is 4.74 Å². The molecule has 5 nitrogen and oxygen atoms in total. The second-order valence-electron chi connectivity index (χ2n) is 5.61. The van der Waals surface area contributed by atoms with Gasteiger partial charge in [-0.2, -0.15) is 0 Å². The molecule has 1 atom stereocenters. The quantitative estimate of drug-likeness (QED) is 0.697. The molecule has 3 aromatic rings. The van der Waals surface area contributed by atoms with Crippen LogP contribution in [0.3, 0.4) is 0 Å². The topological polar surface area (TPSA) is 76.7 Å². The Morgan fingerprint density at radius 1 is 1.27 bits per heavy atom. The molecule has 1 aromatic heterocycles. The average Bonchev–Trinajstić information content (AvgIpc) is 2.63. The molecule has 0 bridgehead atoms. The highest BCUT2D eigenvalue weighted by molar-refractivity contribution is 6.31. The van der Waals surface area contributed by atoms with Crippen LogP contribution < -0.4 is 5.43 Å². The van der Waals surface area contributed by atoms with Crippen LogP contribution in [0.1, 0.15) is 23.7 Å². The van der Waals surface area contributed by atoms with E-state index in [9.17, 15) is 19.1 Å². The maximum atomic E-state index is 14.4. The summed E-state index contributed by atoms with van der Waals surface area (Å²) < 4.78 is 24.8. The summed E-state index contributed by atoms with van der Waals surface area (Å²) in [4.78, 5) is 24.3. The summed E-state index contributed by atoms with van der Waals surface area (Å²) in [5.41, 5.74) is -0.537. The van der Waals surface area contributed by atoms with Gasteiger partial charge in [0.05, 0.1) is 24.8 Å². The van der Waals surface area contributed by atoms with Crippen LogP contribution in [0.15, 0.2) is 51.7 Å². The van der Waals surface area contributed by atoms with Crippen LogP contribution in [-0.4, -0.2) is 18.2 Å². The molecule has 1 unspecified atom stereocenters. The molecule has 1 N–H and O–H groups in total. The first kappa shape index (κ1) is 17.9. The zero-order valence-corrected chi connectivity index (χ0v) is 14.4. The fraction of sp³-hybridized carbons (Fsp3) is 0.158. The summed E-state index contributed by atoms with van der Waals surface area (Å²) in [6, 6.07) is 10.3. The van der Waals surface area contributed by atoms with Gasteiger partial charge < -0.3 is 14.3 Å². The molecule has 0 spiro atoms. The largest absolute Gasteiger partial charge is 0.502 e. The number of carbonyl (C=O) groups is 1. The van der Waals surface area contributed by atoms with Gasteiger partial charge in [-0.05, 0) is 24.3 Å². The number of benzene rings is 2. The molecule has 2 aromatic carbocycles. The number of esters is 1. The summed E-state index contributed by atoms with van der Waals surface area (Å²) in [5.74, 6) is -3.44. The van der Waals surface area contributed by atoms with Crippen molar-refractivity contribution in [2.24, 2.45) is 0 Å². The number of hydrogen-bond acceptors (Lipinski definition) is 5. The van der Waals surface area contributed by atoms with Crippen LogP contribution in [0.2, 0.25) is 5.02 Å². The molecular formula is C19H14ClFO5. The number of hydrogen-bond donors (Lipinski definition) is 1. The van der Waals surface area contributed by atoms with Gasteiger partial charge in [0.2, 0.25) is 11.2 Å². The average molecular weight is 377 g/mol. The number of ether oxygens (including phenoxy) is 1. The number of carbonyl (C=O) groups excluding carboxylic acids is 1. The standard InChI is InChI=1S/C19H14ClFO5/c1-25-15(22)9-11(16-12(20)6-4-7-13(16)21)19-18(24)17(23)10-5-2-3-8-14(10)26-19/h2-8,11,24H,9H2,1H3. The number of halogens is 2. The van der Waals surface area contributed by atoms with Crippen molar-refractivity contribution in [1.82, 2.24) is 0 Å². The van der Waals surface area contributed by atoms with E-state index in [1.54, 1.807) is 12.1 Å². The molecule has 0 saturated carbocycles. The Morgan fingerprint density at radius 3 is 2.69 bits per heavy atom. The molecule has 0 amide bonds. The highest BCUT2D eigenvalue weighted by Gasteiger charge is 2.30. The molecule has 1 heterocycles. The lowest BCUT2D eigenvalue weighted by Crippen LogP contribution is -2.15. The van der Waals surface area contributed by atoms with Crippen molar-refractivity contribution in [1.29, 1.82) is 0 Å². The van der Waals surface area contributed by atoms with E-state index in [0.717, 1.165) is 0 Å². The third-order valence-electron chi connectivity index (χ3n) is 4.06. The Balaban J connectivity index is 2.29. The van der Waals surface area contributed by atoms with Gasteiger partial charge in [0, 0.05) is 10.6 Å². The normalized spacial score (nSPS) is 12.1. The minimum absolute atomic E-state index is 0.0362. The minimum atomic E-state index is -1.13.